The summed E-state index contributed by atoms with van der Waals surface area (Å²) in [4.78, 5) is 42.3. The summed E-state index contributed by atoms with van der Waals surface area (Å²) >= 11 is 7.51. The van der Waals surface area contributed by atoms with Crippen LogP contribution in [0.15, 0.2) is 30.5 Å². The number of nitrogens with two attached hydrogens (primary N) is 1. The van der Waals surface area contributed by atoms with Crippen molar-refractivity contribution >= 4 is 57.2 Å². The summed E-state index contributed by atoms with van der Waals surface area (Å²) in [5.41, 5.74) is 6.51. The molecule has 0 radical (unpaired) electrons. The lowest BCUT2D eigenvalue weighted by Gasteiger charge is -2.35. The third kappa shape index (κ3) is 10.7. The van der Waals surface area contributed by atoms with E-state index in [9.17, 15) is 9.59 Å². The van der Waals surface area contributed by atoms with Crippen molar-refractivity contribution in [2.24, 2.45) is 5.73 Å². The minimum absolute atomic E-state index is 0.0577. The zero-order valence-electron chi connectivity index (χ0n) is 25.3. The van der Waals surface area contributed by atoms with E-state index in [4.69, 9.17) is 26.8 Å². The molecule has 0 bridgehead atoms. The SMILES string of the molecule is Cc1nc(Nc2ncc(C(=O)Nc3c(C)cccc3Cl)s2)cc(N2CCN(CCCCCCOCCOCC(N)=O)CC2)n1. The number of anilines is 4. The number of nitrogens with one attached hydrogen (secondary N) is 2. The van der Waals surface area contributed by atoms with Gasteiger partial charge in [0.15, 0.2) is 5.13 Å². The van der Waals surface area contributed by atoms with Crippen LogP contribution in [0, 0.1) is 13.8 Å². The fourth-order valence-electron chi connectivity index (χ4n) is 4.78. The third-order valence-electron chi connectivity index (χ3n) is 7.08. The van der Waals surface area contributed by atoms with Crippen LogP contribution in [0.5, 0.6) is 0 Å². The van der Waals surface area contributed by atoms with Gasteiger partial charge in [-0.25, -0.2) is 15.0 Å². The molecule has 1 aliphatic heterocycles. The molecule has 3 aromatic rings. The van der Waals surface area contributed by atoms with Crippen molar-refractivity contribution in [3.8, 4) is 0 Å². The number of carbonyl (C=O) groups is 2. The molecule has 2 amide bonds. The Bertz CT molecular complexity index is 1360. The summed E-state index contributed by atoms with van der Waals surface area (Å²) in [5, 5.41) is 7.19. The Kier molecular flexibility index (Phi) is 13.1. The topological polar surface area (TPSA) is 148 Å². The number of aromatic nitrogens is 3. The molecule has 14 heteroatoms. The maximum absolute atomic E-state index is 12.8. The van der Waals surface area contributed by atoms with Gasteiger partial charge >= 0.3 is 0 Å². The standard InChI is InChI=1S/C30H41ClN8O4S/c1-21-8-7-9-23(31)28(21)37-29(41)24-19-33-30(44-24)36-26-18-27(35-22(2)34-26)39-13-11-38(12-14-39)10-5-3-4-6-15-42-16-17-43-20-25(32)40/h7-9,18-19H,3-6,10-17,20H2,1-2H3,(H2,32,40)(H,37,41)(H,33,34,35,36). The number of primary amides is 1. The number of para-hydroxylation sites is 1. The predicted molar refractivity (Wildman–Crippen MR) is 174 cm³/mol. The Balaban J connectivity index is 1.17. The van der Waals surface area contributed by atoms with Gasteiger partial charge < -0.3 is 30.7 Å². The summed E-state index contributed by atoms with van der Waals surface area (Å²) in [6.45, 7) is 10.1. The van der Waals surface area contributed by atoms with Crippen molar-refractivity contribution in [1.82, 2.24) is 19.9 Å². The Morgan fingerprint density at radius 3 is 2.57 bits per heavy atom. The number of amides is 2. The van der Waals surface area contributed by atoms with Gasteiger partial charge in [-0.2, -0.15) is 0 Å². The third-order valence-corrected chi connectivity index (χ3v) is 8.30. The Labute approximate surface area is 267 Å². The number of nitrogens with zero attached hydrogens (tertiary/aromatic N) is 5. The van der Waals surface area contributed by atoms with Gasteiger partial charge in [0, 0.05) is 38.9 Å². The zero-order chi connectivity index (χ0) is 31.3. The molecule has 238 valence electrons. The maximum atomic E-state index is 12.8. The summed E-state index contributed by atoms with van der Waals surface area (Å²) < 4.78 is 10.6. The lowest BCUT2D eigenvalue weighted by atomic mass is 10.2. The van der Waals surface area contributed by atoms with Crippen LogP contribution in [0.3, 0.4) is 0 Å². The van der Waals surface area contributed by atoms with Crippen LogP contribution in [0.1, 0.15) is 46.7 Å². The van der Waals surface area contributed by atoms with Gasteiger partial charge in [-0.15, -0.1) is 0 Å². The number of hydrogen-bond acceptors (Lipinski definition) is 11. The minimum atomic E-state index is -0.463. The molecular weight excluding hydrogens is 604 g/mol. The summed E-state index contributed by atoms with van der Waals surface area (Å²) in [6, 6.07) is 7.42. The van der Waals surface area contributed by atoms with E-state index < -0.39 is 5.91 Å². The number of halogens is 1. The number of hydrogen-bond donors (Lipinski definition) is 3. The van der Waals surface area contributed by atoms with E-state index in [-0.39, 0.29) is 12.5 Å². The molecule has 0 atom stereocenters. The van der Waals surface area contributed by atoms with Gasteiger partial charge in [0.25, 0.3) is 5.91 Å². The van der Waals surface area contributed by atoms with Crippen molar-refractivity contribution in [2.45, 2.75) is 39.5 Å². The highest BCUT2D eigenvalue weighted by atomic mass is 35.5. The smallest absolute Gasteiger partial charge is 0.267 e. The Morgan fingerprint density at radius 1 is 1.02 bits per heavy atom. The normalized spacial score (nSPS) is 13.7. The fourth-order valence-corrected chi connectivity index (χ4v) is 5.76. The molecule has 2 aromatic heterocycles. The number of ether oxygens (including phenoxy) is 2. The van der Waals surface area contributed by atoms with Gasteiger partial charge in [-0.3, -0.25) is 14.5 Å². The molecule has 1 fully saturated rings. The zero-order valence-corrected chi connectivity index (χ0v) is 26.9. The van der Waals surface area contributed by atoms with Gasteiger partial charge in [0.2, 0.25) is 5.91 Å². The molecule has 0 saturated carbocycles. The Morgan fingerprint density at radius 2 is 1.80 bits per heavy atom. The quantitative estimate of drug-likeness (QED) is 0.181. The van der Waals surface area contributed by atoms with Crippen LogP contribution in [-0.4, -0.2) is 90.8 Å². The largest absolute Gasteiger partial charge is 0.379 e. The van der Waals surface area contributed by atoms with Gasteiger partial charge in [0.1, 0.15) is 28.9 Å². The number of unbranched alkanes of at least 4 members (excludes halogenated alkanes) is 3. The summed E-state index contributed by atoms with van der Waals surface area (Å²) in [5.74, 6) is 1.45. The first-order valence-corrected chi connectivity index (χ1v) is 16.0. The molecular formula is C30H41ClN8O4S. The number of rotatable bonds is 17. The van der Waals surface area contributed by atoms with Crippen LogP contribution in [0.4, 0.5) is 22.5 Å². The molecule has 1 aliphatic rings. The maximum Gasteiger partial charge on any atom is 0.267 e. The van der Waals surface area contributed by atoms with E-state index in [0.29, 0.717) is 52.2 Å². The first-order valence-electron chi connectivity index (χ1n) is 14.8. The fraction of sp³-hybridized carbons (Fsp3) is 0.500. The first-order chi connectivity index (χ1) is 21.3. The van der Waals surface area contributed by atoms with Crippen molar-refractivity contribution in [2.75, 3.05) is 74.7 Å². The second-order valence-electron chi connectivity index (χ2n) is 10.6. The number of thiazole rings is 1. The number of piperazine rings is 1. The molecule has 4 rings (SSSR count). The number of carbonyl (C=O) groups excluding carboxylic acids is 2. The lowest BCUT2D eigenvalue weighted by Crippen LogP contribution is -2.47. The molecule has 0 spiro atoms. The summed E-state index contributed by atoms with van der Waals surface area (Å²) in [6.07, 6.45) is 6.02. The number of benzene rings is 1. The minimum Gasteiger partial charge on any atom is -0.379 e. The first kappa shape index (κ1) is 33.5. The second-order valence-corrected chi connectivity index (χ2v) is 12.0. The van der Waals surface area contributed by atoms with E-state index in [0.717, 1.165) is 63.4 Å². The van der Waals surface area contributed by atoms with E-state index in [2.05, 4.69) is 35.4 Å². The van der Waals surface area contributed by atoms with E-state index in [1.165, 1.54) is 17.8 Å². The molecule has 4 N–H and O–H groups in total. The van der Waals surface area contributed by atoms with Gasteiger partial charge in [0.05, 0.1) is 30.1 Å². The second kappa shape index (κ2) is 17.2. The van der Waals surface area contributed by atoms with Gasteiger partial charge in [-0.05, 0) is 44.9 Å². The molecule has 3 heterocycles. The number of aryl methyl sites for hydroxylation is 2. The van der Waals surface area contributed by atoms with E-state index in [1.54, 1.807) is 12.3 Å². The van der Waals surface area contributed by atoms with Crippen LogP contribution < -0.4 is 21.3 Å². The van der Waals surface area contributed by atoms with Crippen molar-refractivity contribution < 1.29 is 19.1 Å². The van der Waals surface area contributed by atoms with Gasteiger partial charge in [-0.1, -0.05) is 47.9 Å². The van der Waals surface area contributed by atoms with Crippen LogP contribution >= 0.6 is 22.9 Å². The van der Waals surface area contributed by atoms with Crippen molar-refractivity contribution in [3.63, 3.8) is 0 Å². The monoisotopic (exact) mass is 644 g/mol. The van der Waals surface area contributed by atoms with Crippen molar-refractivity contribution in [1.29, 1.82) is 0 Å². The molecule has 1 aromatic carbocycles. The van der Waals surface area contributed by atoms with E-state index in [1.807, 2.05) is 32.0 Å². The van der Waals surface area contributed by atoms with Crippen LogP contribution in [-0.2, 0) is 14.3 Å². The highest BCUT2D eigenvalue weighted by Crippen LogP contribution is 2.28. The molecule has 1 saturated heterocycles. The average Bonchev–Trinajstić information content (AvgIpc) is 3.46. The van der Waals surface area contributed by atoms with Crippen LogP contribution in [0.2, 0.25) is 5.02 Å². The highest BCUT2D eigenvalue weighted by Gasteiger charge is 2.19. The van der Waals surface area contributed by atoms with Crippen molar-refractivity contribution in [3.05, 3.63) is 51.7 Å². The van der Waals surface area contributed by atoms with E-state index >= 15 is 0 Å². The highest BCUT2D eigenvalue weighted by molar-refractivity contribution is 7.17. The molecule has 0 aliphatic carbocycles. The Hall–Kier alpha value is -3.36. The molecule has 0 unspecified atom stereocenters. The van der Waals surface area contributed by atoms with Crippen LogP contribution in [0.25, 0.3) is 0 Å². The molecule has 12 nitrogen and oxygen atoms in total. The molecule has 44 heavy (non-hydrogen) atoms. The summed E-state index contributed by atoms with van der Waals surface area (Å²) in [7, 11) is 0. The predicted octanol–water partition coefficient (Wildman–Crippen LogP) is 4.40. The lowest BCUT2D eigenvalue weighted by molar-refractivity contribution is -0.123. The average molecular weight is 645 g/mol.